The first kappa shape index (κ1) is 12.4. The summed E-state index contributed by atoms with van der Waals surface area (Å²) in [6, 6.07) is 0. The smallest absolute Gasteiger partial charge is 0.155 e. The predicted molar refractivity (Wildman–Crippen MR) is 54.6 cm³/mol. The molecule has 0 aliphatic rings. The molecule has 0 saturated heterocycles. The second-order valence-corrected chi connectivity index (χ2v) is 3.47. The Balaban J connectivity index is 3.78. The van der Waals surface area contributed by atoms with E-state index in [1.54, 1.807) is 13.0 Å². The molecule has 2 nitrogen and oxygen atoms in total. The number of aliphatic hydroxyl groups is 1. The van der Waals surface area contributed by atoms with Gasteiger partial charge in [0.15, 0.2) is 5.78 Å². The Labute approximate surface area is 80.7 Å². The van der Waals surface area contributed by atoms with E-state index in [0.717, 1.165) is 25.7 Å². The van der Waals surface area contributed by atoms with E-state index in [4.69, 9.17) is 0 Å². The maximum absolute atomic E-state index is 10.8. The van der Waals surface area contributed by atoms with Crippen LogP contribution in [-0.2, 0) is 4.79 Å². The van der Waals surface area contributed by atoms with Gasteiger partial charge in [0, 0.05) is 0 Å². The third-order valence-corrected chi connectivity index (χ3v) is 2.10. The largest absolute Gasteiger partial charge is 0.389 e. The van der Waals surface area contributed by atoms with Gasteiger partial charge in [-0.15, -0.1) is 0 Å². The summed E-state index contributed by atoms with van der Waals surface area (Å²) in [5.74, 6) is 0.0366. The zero-order valence-electron chi connectivity index (χ0n) is 8.84. The van der Waals surface area contributed by atoms with Crippen LogP contribution in [0.5, 0.6) is 0 Å². The number of aliphatic hydroxyl groups excluding tert-OH is 1. The molecular weight excluding hydrogens is 164 g/mol. The van der Waals surface area contributed by atoms with Crippen molar-refractivity contribution in [3.05, 3.63) is 11.6 Å². The molecule has 1 unspecified atom stereocenters. The molecule has 13 heavy (non-hydrogen) atoms. The molecule has 1 N–H and O–H groups in total. The van der Waals surface area contributed by atoms with Gasteiger partial charge < -0.3 is 5.11 Å². The number of carbonyl (C=O) groups excluding carboxylic acids is 1. The molecule has 0 fully saturated rings. The van der Waals surface area contributed by atoms with E-state index in [2.05, 4.69) is 6.92 Å². The second kappa shape index (κ2) is 6.84. The van der Waals surface area contributed by atoms with Crippen LogP contribution in [-0.4, -0.2) is 17.0 Å². The number of ketones is 1. The van der Waals surface area contributed by atoms with Gasteiger partial charge in [-0.2, -0.15) is 0 Å². The molecule has 0 saturated carbocycles. The van der Waals surface area contributed by atoms with Crippen LogP contribution in [0.15, 0.2) is 11.6 Å². The number of rotatable bonds is 6. The fourth-order valence-electron chi connectivity index (χ4n) is 1.09. The van der Waals surface area contributed by atoms with Gasteiger partial charge in [-0.3, -0.25) is 4.79 Å². The van der Waals surface area contributed by atoms with Crippen LogP contribution < -0.4 is 0 Å². The highest BCUT2D eigenvalue weighted by atomic mass is 16.3. The van der Waals surface area contributed by atoms with Crippen molar-refractivity contribution >= 4 is 5.78 Å². The minimum atomic E-state index is -0.449. The summed E-state index contributed by atoms with van der Waals surface area (Å²) in [6.07, 6.45) is 5.29. The molecule has 1 atom stereocenters. The summed E-state index contributed by atoms with van der Waals surface area (Å²) in [5.41, 5.74) is 0.656. The maximum Gasteiger partial charge on any atom is 0.155 e. The molecular formula is C11H20O2. The lowest BCUT2D eigenvalue weighted by atomic mass is 10.1. The second-order valence-electron chi connectivity index (χ2n) is 3.47. The van der Waals surface area contributed by atoms with Gasteiger partial charge >= 0.3 is 0 Å². The monoisotopic (exact) mass is 184 g/mol. The number of unbranched alkanes of at least 4 members (excludes halogenated alkanes) is 2. The summed E-state index contributed by atoms with van der Waals surface area (Å²) in [4.78, 5) is 10.8. The fourth-order valence-corrected chi connectivity index (χ4v) is 1.09. The number of carbonyl (C=O) groups is 1. The van der Waals surface area contributed by atoms with Gasteiger partial charge in [-0.1, -0.05) is 26.2 Å². The molecule has 0 bridgehead atoms. The quantitative estimate of drug-likeness (QED) is 0.508. The highest BCUT2D eigenvalue weighted by molar-refractivity contribution is 5.92. The molecule has 0 aromatic rings. The first-order chi connectivity index (χ1) is 6.07. The Bertz CT molecular complexity index is 183. The van der Waals surface area contributed by atoms with Gasteiger partial charge in [0.05, 0.1) is 6.10 Å². The molecule has 0 aromatic heterocycles. The molecule has 0 heterocycles. The van der Waals surface area contributed by atoms with E-state index in [1.165, 1.54) is 6.92 Å². The number of Topliss-reactive ketones (excluding diaryl/α,β-unsaturated/α-hetero) is 1. The van der Waals surface area contributed by atoms with Crippen LogP contribution in [0.2, 0.25) is 0 Å². The summed E-state index contributed by atoms with van der Waals surface area (Å²) in [7, 11) is 0. The van der Waals surface area contributed by atoms with E-state index < -0.39 is 6.10 Å². The average Bonchev–Trinajstić information content (AvgIpc) is 2.04. The zero-order chi connectivity index (χ0) is 10.3. The molecule has 0 rings (SSSR count). The number of allylic oxidation sites excluding steroid dienone is 1. The van der Waals surface area contributed by atoms with E-state index >= 15 is 0 Å². The Morgan fingerprint density at radius 3 is 2.46 bits per heavy atom. The Morgan fingerprint density at radius 2 is 2.00 bits per heavy atom. The lowest BCUT2D eigenvalue weighted by Gasteiger charge is -2.05. The third kappa shape index (κ3) is 6.52. The minimum absolute atomic E-state index is 0.0366. The number of hydrogen-bond acceptors (Lipinski definition) is 2. The van der Waals surface area contributed by atoms with Crippen LogP contribution >= 0.6 is 0 Å². The average molecular weight is 184 g/mol. The van der Waals surface area contributed by atoms with E-state index in [1.807, 2.05) is 0 Å². The Morgan fingerprint density at radius 1 is 1.38 bits per heavy atom. The van der Waals surface area contributed by atoms with E-state index in [0.29, 0.717) is 5.57 Å². The van der Waals surface area contributed by atoms with Crippen molar-refractivity contribution in [1.82, 2.24) is 0 Å². The topological polar surface area (TPSA) is 37.3 Å². The molecule has 0 aliphatic heterocycles. The van der Waals surface area contributed by atoms with Crippen molar-refractivity contribution in [3.8, 4) is 0 Å². The summed E-state index contributed by atoms with van der Waals surface area (Å²) >= 11 is 0. The van der Waals surface area contributed by atoms with Crippen molar-refractivity contribution < 1.29 is 9.90 Å². The van der Waals surface area contributed by atoms with Gasteiger partial charge in [0.2, 0.25) is 0 Å². The van der Waals surface area contributed by atoms with Crippen LogP contribution in [0.4, 0.5) is 0 Å². The molecule has 0 radical (unpaired) electrons. The Hall–Kier alpha value is -0.630. The first-order valence-corrected chi connectivity index (χ1v) is 4.95. The van der Waals surface area contributed by atoms with Gasteiger partial charge in [-0.05, 0) is 31.9 Å². The lowest BCUT2D eigenvalue weighted by Crippen LogP contribution is -2.05. The molecule has 0 amide bonds. The van der Waals surface area contributed by atoms with Crippen molar-refractivity contribution in [2.24, 2.45) is 0 Å². The van der Waals surface area contributed by atoms with Gasteiger partial charge in [0.25, 0.3) is 0 Å². The van der Waals surface area contributed by atoms with Crippen molar-refractivity contribution in [2.75, 3.05) is 0 Å². The first-order valence-electron chi connectivity index (χ1n) is 4.95. The predicted octanol–water partition coefficient (Wildman–Crippen LogP) is 2.46. The molecule has 0 aliphatic carbocycles. The zero-order valence-corrected chi connectivity index (χ0v) is 8.84. The molecule has 0 aromatic carbocycles. The highest BCUT2D eigenvalue weighted by Crippen LogP contribution is 2.06. The minimum Gasteiger partial charge on any atom is -0.389 e. The molecule has 2 heteroatoms. The third-order valence-electron chi connectivity index (χ3n) is 2.10. The molecule has 76 valence electrons. The molecule has 0 spiro atoms. The summed E-state index contributed by atoms with van der Waals surface area (Å²) < 4.78 is 0. The van der Waals surface area contributed by atoms with Crippen LogP contribution in [0, 0.1) is 0 Å². The van der Waals surface area contributed by atoms with Crippen molar-refractivity contribution in [3.63, 3.8) is 0 Å². The number of hydrogen-bond donors (Lipinski definition) is 1. The SMILES string of the molecule is CCCCCC(O)C=C(C)C(C)=O. The van der Waals surface area contributed by atoms with Crippen LogP contribution in [0.1, 0.15) is 46.5 Å². The fraction of sp³-hybridized carbons (Fsp3) is 0.727. The lowest BCUT2D eigenvalue weighted by molar-refractivity contribution is -0.113. The van der Waals surface area contributed by atoms with Gasteiger partial charge in [0.1, 0.15) is 0 Å². The summed E-state index contributed by atoms with van der Waals surface area (Å²) in [5, 5.41) is 9.47. The normalized spacial score (nSPS) is 14.3. The van der Waals surface area contributed by atoms with Crippen molar-refractivity contribution in [2.45, 2.75) is 52.6 Å². The van der Waals surface area contributed by atoms with Crippen LogP contribution in [0.3, 0.4) is 0 Å². The summed E-state index contributed by atoms with van der Waals surface area (Å²) in [6.45, 7) is 5.39. The van der Waals surface area contributed by atoms with E-state index in [-0.39, 0.29) is 5.78 Å². The van der Waals surface area contributed by atoms with Crippen molar-refractivity contribution in [1.29, 1.82) is 0 Å². The van der Waals surface area contributed by atoms with E-state index in [9.17, 15) is 9.90 Å². The van der Waals surface area contributed by atoms with Gasteiger partial charge in [-0.25, -0.2) is 0 Å². The highest BCUT2D eigenvalue weighted by Gasteiger charge is 2.02. The maximum atomic E-state index is 10.8. The standard InChI is InChI=1S/C11H20O2/c1-4-5-6-7-11(13)8-9(2)10(3)12/h8,11,13H,4-7H2,1-3H3. The Kier molecular flexibility index (Phi) is 6.51. The van der Waals surface area contributed by atoms with Crippen LogP contribution in [0.25, 0.3) is 0 Å².